The molecule has 0 fully saturated rings. The molecule has 33 heavy (non-hydrogen) atoms. The third-order valence-corrected chi connectivity index (χ3v) is 5.30. The molecule has 0 spiro atoms. The maximum absolute atomic E-state index is 12.2. The van der Waals surface area contributed by atoms with E-state index in [0.29, 0.717) is 0 Å². The fourth-order valence-corrected chi connectivity index (χ4v) is 3.57. The number of carbonyl (C=O) groups is 2. The van der Waals surface area contributed by atoms with Crippen molar-refractivity contribution in [2.75, 3.05) is 6.61 Å². The topological polar surface area (TPSA) is 68.3 Å². The molecule has 1 amide bonds. The Morgan fingerprint density at radius 1 is 0.909 bits per heavy atom. The van der Waals surface area contributed by atoms with Crippen molar-refractivity contribution in [1.82, 2.24) is 10.3 Å². The number of aromatic nitrogens is 1. The first-order chi connectivity index (χ1) is 16.1. The zero-order chi connectivity index (χ0) is 23.0. The summed E-state index contributed by atoms with van der Waals surface area (Å²) in [7, 11) is 0. The second-order valence-corrected chi connectivity index (χ2v) is 7.64. The van der Waals surface area contributed by atoms with Gasteiger partial charge in [0.15, 0.2) is 6.61 Å². The second-order valence-electron chi connectivity index (χ2n) is 7.64. The van der Waals surface area contributed by atoms with Crippen molar-refractivity contribution in [1.29, 1.82) is 0 Å². The molecule has 0 aliphatic heterocycles. The number of amides is 1. The van der Waals surface area contributed by atoms with Crippen LogP contribution in [0.25, 0.3) is 28.1 Å². The molecule has 1 heterocycles. The summed E-state index contributed by atoms with van der Waals surface area (Å²) < 4.78 is 5.09. The summed E-state index contributed by atoms with van der Waals surface area (Å²) in [5, 5.41) is 3.84. The second kappa shape index (κ2) is 10.4. The van der Waals surface area contributed by atoms with Crippen LogP contribution in [-0.4, -0.2) is 23.5 Å². The molecule has 1 atom stereocenters. The van der Waals surface area contributed by atoms with Gasteiger partial charge >= 0.3 is 5.97 Å². The van der Waals surface area contributed by atoms with Gasteiger partial charge in [-0.15, -0.1) is 0 Å². The SMILES string of the molecule is CC(NC(=O)COC(=O)/C=C/c1cccc2cccnc12)c1ccc(-c2ccccc2)cc1. The lowest BCUT2D eigenvalue weighted by Gasteiger charge is -2.15. The van der Waals surface area contributed by atoms with E-state index in [1.807, 2.05) is 79.7 Å². The summed E-state index contributed by atoms with van der Waals surface area (Å²) in [5.74, 6) is -0.943. The molecule has 5 heteroatoms. The number of hydrogen-bond acceptors (Lipinski definition) is 4. The molecule has 0 aliphatic rings. The Labute approximate surface area is 192 Å². The van der Waals surface area contributed by atoms with E-state index in [1.165, 1.54) is 6.08 Å². The van der Waals surface area contributed by atoms with Gasteiger partial charge < -0.3 is 10.1 Å². The van der Waals surface area contributed by atoms with Crippen molar-refractivity contribution in [3.63, 3.8) is 0 Å². The number of esters is 1. The number of fused-ring (bicyclic) bond motifs is 1. The van der Waals surface area contributed by atoms with Crippen molar-refractivity contribution in [2.24, 2.45) is 0 Å². The molecule has 4 aromatic rings. The number of benzene rings is 3. The standard InChI is InChI=1S/C28H24N2O3/c1-20(21-12-14-23(15-13-21)22-7-3-2-4-8-22)30-26(31)19-33-27(32)17-16-25-10-5-9-24-11-6-18-29-28(24)25/h2-18,20H,19H2,1H3,(H,30,31)/b17-16+. The van der Waals surface area contributed by atoms with E-state index >= 15 is 0 Å². The highest BCUT2D eigenvalue weighted by Gasteiger charge is 2.11. The van der Waals surface area contributed by atoms with Crippen LogP contribution in [0, 0.1) is 0 Å². The Balaban J connectivity index is 1.29. The Morgan fingerprint density at radius 2 is 1.64 bits per heavy atom. The van der Waals surface area contributed by atoms with Crippen LogP contribution in [-0.2, 0) is 14.3 Å². The molecule has 0 bridgehead atoms. The highest BCUT2D eigenvalue weighted by molar-refractivity contribution is 5.93. The molecule has 4 rings (SSSR count). The lowest BCUT2D eigenvalue weighted by Crippen LogP contribution is -2.30. The summed E-state index contributed by atoms with van der Waals surface area (Å²) in [5.41, 5.74) is 4.83. The normalized spacial score (nSPS) is 11.9. The number of ether oxygens (including phenoxy) is 1. The number of nitrogens with zero attached hydrogens (tertiary/aromatic N) is 1. The minimum absolute atomic E-state index is 0.210. The van der Waals surface area contributed by atoms with Crippen molar-refractivity contribution < 1.29 is 14.3 Å². The van der Waals surface area contributed by atoms with Crippen LogP contribution in [0.1, 0.15) is 24.1 Å². The van der Waals surface area contributed by atoms with Gasteiger partial charge in [-0.3, -0.25) is 9.78 Å². The van der Waals surface area contributed by atoms with Crippen LogP contribution in [0.2, 0.25) is 0 Å². The molecule has 5 nitrogen and oxygen atoms in total. The van der Waals surface area contributed by atoms with Gasteiger partial charge in [-0.25, -0.2) is 4.79 Å². The number of pyridine rings is 1. The first kappa shape index (κ1) is 22.0. The number of nitrogens with one attached hydrogen (secondary N) is 1. The van der Waals surface area contributed by atoms with Crippen LogP contribution in [0.3, 0.4) is 0 Å². The van der Waals surface area contributed by atoms with Crippen molar-refractivity contribution in [2.45, 2.75) is 13.0 Å². The molecule has 1 aromatic heterocycles. The highest BCUT2D eigenvalue weighted by atomic mass is 16.5. The minimum Gasteiger partial charge on any atom is -0.452 e. The van der Waals surface area contributed by atoms with E-state index in [4.69, 9.17) is 4.74 Å². The molecule has 0 saturated carbocycles. The average Bonchev–Trinajstić information content (AvgIpc) is 2.86. The van der Waals surface area contributed by atoms with Crippen molar-refractivity contribution in [3.05, 3.63) is 108 Å². The lowest BCUT2D eigenvalue weighted by molar-refractivity contribution is -0.144. The molecule has 0 saturated heterocycles. The summed E-state index contributed by atoms with van der Waals surface area (Å²) in [4.78, 5) is 28.7. The third-order valence-electron chi connectivity index (χ3n) is 5.30. The van der Waals surface area contributed by atoms with Crippen LogP contribution >= 0.6 is 0 Å². The monoisotopic (exact) mass is 436 g/mol. The molecule has 164 valence electrons. The zero-order valence-corrected chi connectivity index (χ0v) is 18.3. The summed E-state index contributed by atoms with van der Waals surface area (Å²) in [6.45, 7) is 1.55. The van der Waals surface area contributed by atoms with E-state index in [2.05, 4.69) is 22.4 Å². The third kappa shape index (κ3) is 5.71. The van der Waals surface area contributed by atoms with Gasteiger partial charge in [0.2, 0.25) is 0 Å². The predicted molar refractivity (Wildman–Crippen MR) is 130 cm³/mol. The fourth-order valence-electron chi connectivity index (χ4n) is 3.57. The van der Waals surface area contributed by atoms with Gasteiger partial charge in [0, 0.05) is 23.2 Å². The molecule has 1 N–H and O–H groups in total. The highest BCUT2D eigenvalue weighted by Crippen LogP contribution is 2.22. The summed E-state index contributed by atoms with van der Waals surface area (Å²) >= 11 is 0. The first-order valence-corrected chi connectivity index (χ1v) is 10.7. The smallest absolute Gasteiger partial charge is 0.331 e. The van der Waals surface area contributed by atoms with E-state index in [-0.39, 0.29) is 18.6 Å². The molecular weight excluding hydrogens is 412 g/mol. The Morgan fingerprint density at radius 3 is 2.42 bits per heavy atom. The number of hydrogen-bond donors (Lipinski definition) is 1. The number of para-hydroxylation sites is 1. The lowest BCUT2D eigenvalue weighted by atomic mass is 10.0. The van der Waals surface area contributed by atoms with Gasteiger partial charge in [0.05, 0.1) is 11.6 Å². The van der Waals surface area contributed by atoms with Gasteiger partial charge in [-0.2, -0.15) is 0 Å². The van der Waals surface area contributed by atoms with Gasteiger partial charge in [0.25, 0.3) is 5.91 Å². The Hall–Kier alpha value is -4.25. The van der Waals surface area contributed by atoms with Gasteiger partial charge in [-0.1, -0.05) is 78.9 Å². The van der Waals surface area contributed by atoms with Gasteiger partial charge in [0.1, 0.15) is 0 Å². The van der Waals surface area contributed by atoms with Crippen molar-refractivity contribution in [3.8, 4) is 11.1 Å². The van der Waals surface area contributed by atoms with E-state index in [0.717, 1.165) is 33.2 Å². The quantitative estimate of drug-likeness (QED) is 0.314. The molecule has 1 unspecified atom stereocenters. The summed E-state index contributed by atoms with van der Waals surface area (Å²) in [6.07, 6.45) is 4.66. The van der Waals surface area contributed by atoms with E-state index in [1.54, 1.807) is 12.3 Å². The molecule has 0 aliphatic carbocycles. The Kier molecular flexibility index (Phi) is 6.90. The zero-order valence-electron chi connectivity index (χ0n) is 18.3. The van der Waals surface area contributed by atoms with Crippen molar-refractivity contribution >= 4 is 28.9 Å². The maximum Gasteiger partial charge on any atom is 0.331 e. The first-order valence-electron chi connectivity index (χ1n) is 10.7. The predicted octanol–water partition coefficient (Wildman–Crippen LogP) is 5.34. The van der Waals surface area contributed by atoms with Crippen LogP contribution in [0.5, 0.6) is 0 Å². The van der Waals surface area contributed by atoms with Crippen LogP contribution in [0.4, 0.5) is 0 Å². The summed E-state index contributed by atoms with van der Waals surface area (Å²) in [6, 6.07) is 27.5. The van der Waals surface area contributed by atoms with Crippen LogP contribution < -0.4 is 5.32 Å². The number of carbonyl (C=O) groups excluding carboxylic acids is 2. The molecule has 0 radical (unpaired) electrons. The van der Waals surface area contributed by atoms with Crippen LogP contribution in [0.15, 0.2) is 97.2 Å². The largest absolute Gasteiger partial charge is 0.452 e. The molecule has 3 aromatic carbocycles. The van der Waals surface area contributed by atoms with E-state index in [9.17, 15) is 9.59 Å². The Bertz CT molecular complexity index is 1280. The molecular formula is C28H24N2O3. The van der Waals surface area contributed by atoms with Gasteiger partial charge in [-0.05, 0) is 35.8 Å². The number of rotatable bonds is 7. The minimum atomic E-state index is -0.585. The fraction of sp³-hybridized carbons (Fsp3) is 0.107. The maximum atomic E-state index is 12.2. The van der Waals surface area contributed by atoms with E-state index < -0.39 is 5.97 Å². The average molecular weight is 437 g/mol.